The number of aryl methyl sites for hydroxylation is 3. The first-order chi connectivity index (χ1) is 9.00. The molecule has 0 radical (unpaired) electrons. The van der Waals surface area contributed by atoms with E-state index in [-0.39, 0.29) is 11.8 Å². The van der Waals surface area contributed by atoms with Crippen LogP contribution in [-0.4, -0.2) is 24.2 Å². The van der Waals surface area contributed by atoms with Gasteiger partial charge in [-0.3, -0.25) is 4.79 Å². The Balaban J connectivity index is 2.38. The molecule has 1 fully saturated rings. The van der Waals surface area contributed by atoms with Crippen LogP contribution in [0.3, 0.4) is 0 Å². The highest BCUT2D eigenvalue weighted by atomic mass is 16.4. The van der Waals surface area contributed by atoms with E-state index in [4.69, 9.17) is 0 Å². The Hall–Kier alpha value is -1.35. The minimum atomic E-state index is -0.682. The molecule has 0 amide bonds. The lowest BCUT2D eigenvalue weighted by Gasteiger charge is -2.29. The maximum Gasteiger partial charge on any atom is 0.311 e. The lowest BCUT2D eigenvalue weighted by Crippen LogP contribution is -2.33. The summed E-state index contributed by atoms with van der Waals surface area (Å²) in [6, 6.07) is 4.19. The Morgan fingerprint density at radius 1 is 1.16 bits per heavy atom. The Morgan fingerprint density at radius 2 is 1.74 bits per heavy atom. The molecule has 19 heavy (non-hydrogen) atoms. The number of piperidine rings is 1. The zero-order valence-corrected chi connectivity index (χ0v) is 12.0. The molecule has 2 N–H and O–H groups in total. The number of nitrogens with one attached hydrogen (secondary N) is 1. The van der Waals surface area contributed by atoms with Crippen LogP contribution in [0.25, 0.3) is 0 Å². The third kappa shape index (κ3) is 2.98. The summed E-state index contributed by atoms with van der Waals surface area (Å²) in [6.07, 6.45) is 1.90. The number of aliphatic carboxylic acids is 1. The highest BCUT2D eigenvalue weighted by molar-refractivity contribution is 5.77. The van der Waals surface area contributed by atoms with Crippen LogP contribution in [0.15, 0.2) is 12.1 Å². The summed E-state index contributed by atoms with van der Waals surface area (Å²) in [5.41, 5.74) is 4.52. The largest absolute Gasteiger partial charge is 0.481 e. The van der Waals surface area contributed by atoms with Crippen LogP contribution in [0.1, 0.15) is 41.0 Å². The monoisotopic (exact) mass is 261 g/mol. The van der Waals surface area contributed by atoms with Gasteiger partial charge < -0.3 is 10.4 Å². The van der Waals surface area contributed by atoms with Crippen molar-refractivity contribution in [2.45, 2.75) is 39.5 Å². The minimum absolute atomic E-state index is 0.250. The minimum Gasteiger partial charge on any atom is -0.481 e. The van der Waals surface area contributed by atoms with Gasteiger partial charge in [0.25, 0.3) is 0 Å². The Kier molecular flexibility index (Phi) is 4.25. The number of carbonyl (C=O) groups is 1. The molecule has 2 rings (SSSR count). The van der Waals surface area contributed by atoms with Gasteiger partial charge in [-0.05, 0) is 74.9 Å². The lowest BCUT2D eigenvalue weighted by molar-refractivity contribution is -0.140. The molecule has 0 aromatic heterocycles. The number of rotatable bonds is 3. The second kappa shape index (κ2) is 5.74. The summed E-state index contributed by atoms with van der Waals surface area (Å²) >= 11 is 0. The fraction of sp³-hybridized carbons (Fsp3) is 0.562. The Morgan fingerprint density at radius 3 is 2.32 bits per heavy atom. The average molecular weight is 261 g/mol. The zero-order valence-electron chi connectivity index (χ0n) is 12.0. The van der Waals surface area contributed by atoms with Gasteiger partial charge in [0.05, 0.1) is 5.92 Å². The van der Waals surface area contributed by atoms with Crippen LogP contribution < -0.4 is 5.32 Å². The molecule has 3 nitrogen and oxygen atoms in total. The SMILES string of the molecule is Cc1cc(C)c(C(C(=O)O)C2CCNCC2)cc1C. The van der Waals surface area contributed by atoms with Crippen molar-refractivity contribution in [3.05, 3.63) is 34.4 Å². The molecule has 1 aromatic carbocycles. The van der Waals surface area contributed by atoms with Gasteiger partial charge in [0.15, 0.2) is 0 Å². The predicted molar refractivity (Wildman–Crippen MR) is 76.6 cm³/mol. The van der Waals surface area contributed by atoms with Crippen LogP contribution in [-0.2, 0) is 4.79 Å². The first-order valence-corrected chi connectivity index (χ1v) is 7.02. The third-order valence-electron chi connectivity index (χ3n) is 4.34. The molecule has 1 aromatic rings. The predicted octanol–water partition coefficient (Wildman–Crippen LogP) is 2.78. The fourth-order valence-electron chi connectivity index (χ4n) is 3.08. The summed E-state index contributed by atoms with van der Waals surface area (Å²) in [7, 11) is 0. The van der Waals surface area contributed by atoms with Crippen molar-refractivity contribution in [2.24, 2.45) is 5.92 Å². The third-order valence-corrected chi connectivity index (χ3v) is 4.34. The molecule has 1 atom stereocenters. The summed E-state index contributed by atoms with van der Waals surface area (Å²) in [4.78, 5) is 11.7. The normalized spacial score (nSPS) is 18.3. The standard InChI is InChI=1S/C16H23NO2/c1-10-8-12(3)14(9-11(10)2)15(16(18)19)13-4-6-17-7-5-13/h8-9,13,15,17H,4-7H2,1-3H3,(H,18,19). The first kappa shape index (κ1) is 14.1. The van der Waals surface area contributed by atoms with Gasteiger partial charge >= 0.3 is 5.97 Å². The molecule has 0 saturated carbocycles. The van der Waals surface area contributed by atoms with Crippen LogP contribution in [0, 0.1) is 26.7 Å². The molecule has 1 saturated heterocycles. The van der Waals surface area contributed by atoms with Crippen molar-refractivity contribution in [3.8, 4) is 0 Å². The second-order valence-electron chi connectivity index (χ2n) is 5.70. The quantitative estimate of drug-likeness (QED) is 0.879. The molecule has 0 bridgehead atoms. The van der Waals surface area contributed by atoms with Gasteiger partial charge in [0.1, 0.15) is 0 Å². The summed E-state index contributed by atoms with van der Waals surface area (Å²) < 4.78 is 0. The molecular weight excluding hydrogens is 238 g/mol. The van der Waals surface area contributed by atoms with Crippen LogP contribution in [0.5, 0.6) is 0 Å². The highest BCUT2D eigenvalue weighted by Crippen LogP contribution is 2.34. The Labute approximate surface area is 115 Å². The van der Waals surface area contributed by atoms with Crippen molar-refractivity contribution >= 4 is 5.97 Å². The van der Waals surface area contributed by atoms with Gasteiger partial charge in [0.2, 0.25) is 0 Å². The summed E-state index contributed by atoms with van der Waals surface area (Å²) in [5, 5.41) is 12.9. The maximum absolute atomic E-state index is 11.7. The van der Waals surface area contributed by atoms with Crippen LogP contribution >= 0.6 is 0 Å². The molecule has 104 valence electrons. The van der Waals surface area contributed by atoms with Crippen molar-refractivity contribution in [3.63, 3.8) is 0 Å². The number of hydrogen-bond acceptors (Lipinski definition) is 2. The number of carboxylic acid groups (broad SMARTS) is 1. The van der Waals surface area contributed by atoms with E-state index in [0.29, 0.717) is 0 Å². The molecule has 3 heteroatoms. The van der Waals surface area contributed by atoms with E-state index in [0.717, 1.165) is 37.1 Å². The maximum atomic E-state index is 11.7. The number of benzene rings is 1. The van der Waals surface area contributed by atoms with Crippen molar-refractivity contribution in [2.75, 3.05) is 13.1 Å². The lowest BCUT2D eigenvalue weighted by atomic mass is 9.78. The summed E-state index contributed by atoms with van der Waals surface area (Å²) in [6.45, 7) is 8.02. The summed E-state index contributed by atoms with van der Waals surface area (Å²) in [5.74, 6) is -0.792. The van der Waals surface area contributed by atoms with Crippen LogP contribution in [0.4, 0.5) is 0 Å². The average Bonchev–Trinajstić information content (AvgIpc) is 2.37. The molecule has 0 spiro atoms. The second-order valence-corrected chi connectivity index (χ2v) is 5.70. The van der Waals surface area contributed by atoms with E-state index in [1.54, 1.807) is 0 Å². The van der Waals surface area contributed by atoms with Gasteiger partial charge in [-0.1, -0.05) is 12.1 Å². The van der Waals surface area contributed by atoms with E-state index in [1.165, 1.54) is 11.1 Å². The van der Waals surface area contributed by atoms with Gasteiger partial charge in [0, 0.05) is 0 Å². The van der Waals surface area contributed by atoms with Gasteiger partial charge in [-0.15, -0.1) is 0 Å². The highest BCUT2D eigenvalue weighted by Gasteiger charge is 2.31. The van der Waals surface area contributed by atoms with Gasteiger partial charge in [-0.25, -0.2) is 0 Å². The molecular formula is C16H23NO2. The molecule has 1 heterocycles. The van der Waals surface area contributed by atoms with Crippen molar-refractivity contribution in [1.82, 2.24) is 5.32 Å². The molecule has 0 aliphatic carbocycles. The first-order valence-electron chi connectivity index (χ1n) is 7.02. The van der Waals surface area contributed by atoms with E-state index in [2.05, 4.69) is 31.3 Å². The topological polar surface area (TPSA) is 49.3 Å². The van der Waals surface area contributed by atoms with E-state index < -0.39 is 5.97 Å². The molecule has 1 aliphatic heterocycles. The van der Waals surface area contributed by atoms with E-state index in [1.807, 2.05) is 6.92 Å². The molecule has 1 aliphatic rings. The fourth-order valence-corrected chi connectivity index (χ4v) is 3.08. The zero-order chi connectivity index (χ0) is 14.0. The Bertz CT molecular complexity index is 476. The van der Waals surface area contributed by atoms with Gasteiger partial charge in [-0.2, -0.15) is 0 Å². The van der Waals surface area contributed by atoms with Crippen molar-refractivity contribution < 1.29 is 9.90 Å². The van der Waals surface area contributed by atoms with E-state index >= 15 is 0 Å². The van der Waals surface area contributed by atoms with E-state index in [9.17, 15) is 9.90 Å². The number of hydrogen-bond donors (Lipinski definition) is 2. The smallest absolute Gasteiger partial charge is 0.311 e. The van der Waals surface area contributed by atoms with Crippen molar-refractivity contribution in [1.29, 1.82) is 0 Å². The molecule has 1 unspecified atom stereocenters. The van der Waals surface area contributed by atoms with Crippen LogP contribution in [0.2, 0.25) is 0 Å². The number of carboxylic acids is 1.